The molecule has 1 aromatic rings. The molecule has 1 saturated carbocycles. The van der Waals surface area contributed by atoms with Gasteiger partial charge in [0.25, 0.3) is 5.91 Å². The first-order chi connectivity index (χ1) is 10.0. The minimum Gasteiger partial charge on any atom is -0.454 e. The number of benzene rings is 1. The fraction of sp³-hybridized carbons (Fsp3) is 0.533. The maximum absolute atomic E-state index is 12.4. The zero-order chi connectivity index (χ0) is 15.0. The van der Waals surface area contributed by atoms with Crippen LogP contribution in [0.4, 0.5) is 0 Å². The van der Waals surface area contributed by atoms with Crippen molar-refractivity contribution < 1.29 is 19.4 Å². The molecule has 2 atom stereocenters. The number of carbonyl (C=O) groups excluding carboxylic acids is 1. The van der Waals surface area contributed by atoms with Crippen LogP contribution < -0.4 is 14.8 Å². The first-order valence-corrected chi connectivity index (χ1v) is 7.42. The number of carbonyl (C=O) groups is 1. The van der Waals surface area contributed by atoms with Gasteiger partial charge in [0.05, 0.1) is 11.6 Å². The highest BCUT2D eigenvalue weighted by atomic mass is 35.5. The van der Waals surface area contributed by atoms with Crippen molar-refractivity contribution in [3.05, 3.63) is 22.7 Å². The van der Waals surface area contributed by atoms with Crippen molar-refractivity contribution in [1.82, 2.24) is 5.32 Å². The molecule has 0 bridgehead atoms. The third-order valence-corrected chi connectivity index (χ3v) is 4.72. The van der Waals surface area contributed by atoms with Gasteiger partial charge in [-0.3, -0.25) is 4.79 Å². The topological polar surface area (TPSA) is 67.8 Å². The predicted molar refractivity (Wildman–Crippen MR) is 77.9 cm³/mol. The van der Waals surface area contributed by atoms with Crippen LogP contribution in [-0.4, -0.2) is 30.5 Å². The van der Waals surface area contributed by atoms with E-state index in [1.807, 2.05) is 6.92 Å². The minimum atomic E-state index is -0.254. The van der Waals surface area contributed by atoms with Crippen molar-refractivity contribution in [3.8, 4) is 11.5 Å². The molecular formula is C15H18ClNO4. The molecule has 0 spiro atoms. The van der Waals surface area contributed by atoms with Crippen molar-refractivity contribution in [2.45, 2.75) is 32.2 Å². The molecule has 6 heteroatoms. The summed E-state index contributed by atoms with van der Waals surface area (Å²) in [6, 6.07) is 3.18. The fourth-order valence-corrected chi connectivity index (χ4v) is 3.27. The Morgan fingerprint density at radius 3 is 3.10 bits per heavy atom. The second-order valence-corrected chi connectivity index (χ2v) is 6.33. The van der Waals surface area contributed by atoms with Crippen LogP contribution in [0, 0.1) is 5.41 Å². The van der Waals surface area contributed by atoms with Crippen LogP contribution in [-0.2, 0) is 0 Å². The maximum Gasteiger partial charge on any atom is 0.251 e. The van der Waals surface area contributed by atoms with Crippen molar-refractivity contribution in [3.63, 3.8) is 0 Å². The van der Waals surface area contributed by atoms with Crippen LogP contribution >= 0.6 is 11.6 Å². The van der Waals surface area contributed by atoms with Gasteiger partial charge in [0, 0.05) is 17.0 Å². The SMILES string of the molecule is C[C@]1(CO)CCC[C@@H]1NC(=O)c1cc(Cl)c2c(c1)OCO2. The molecule has 2 N–H and O–H groups in total. The number of aliphatic hydroxyl groups is 1. The molecular weight excluding hydrogens is 294 g/mol. The van der Waals surface area contributed by atoms with Gasteiger partial charge in [0.15, 0.2) is 11.5 Å². The van der Waals surface area contributed by atoms with Crippen molar-refractivity contribution >= 4 is 17.5 Å². The molecule has 1 amide bonds. The van der Waals surface area contributed by atoms with E-state index in [-0.39, 0.29) is 30.8 Å². The summed E-state index contributed by atoms with van der Waals surface area (Å²) in [5.74, 6) is 0.764. The Morgan fingerprint density at radius 1 is 1.52 bits per heavy atom. The lowest BCUT2D eigenvalue weighted by molar-refractivity contribution is 0.0830. The van der Waals surface area contributed by atoms with Gasteiger partial charge in [-0.15, -0.1) is 0 Å². The second kappa shape index (κ2) is 5.39. The third kappa shape index (κ3) is 2.56. The number of nitrogens with one attached hydrogen (secondary N) is 1. The van der Waals surface area contributed by atoms with E-state index in [9.17, 15) is 9.90 Å². The summed E-state index contributed by atoms with van der Waals surface area (Å²) >= 11 is 6.09. The summed E-state index contributed by atoms with van der Waals surface area (Å²) < 4.78 is 10.5. The van der Waals surface area contributed by atoms with Gasteiger partial charge in [0.2, 0.25) is 6.79 Å². The van der Waals surface area contributed by atoms with Gasteiger partial charge < -0.3 is 19.9 Å². The van der Waals surface area contributed by atoms with Gasteiger partial charge in [-0.25, -0.2) is 0 Å². The van der Waals surface area contributed by atoms with E-state index in [2.05, 4.69) is 5.32 Å². The Labute approximate surface area is 128 Å². The lowest BCUT2D eigenvalue weighted by Gasteiger charge is -2.30. The first kappa shape index (κ1) is 14.5. The molecule has 0 aromatic heterocycles. The number of fused-ring (bicyclic) bond motifs is 1. The lowest BCUT2D eigenvalue weighted by atomic mass is 9.85. The van der Waals surface area contributed by atoms with Crippen LogP contribution in [0.1, 0.15) is 36.5 Å². The van der Waals surface area contributed by atoms with Crippen molar-refractivity contribution in [2.24, 2.45) is 5.41 Å². The number of rotatable bonds is 3. The highest BCUT2D eigenvalue weighted by molar-refractivity contribution is 6.32. The van der Waals surface area contributed by atoms with Gasteiger partial charge >= 0.3 is 0 Å². The fourth-order valence-electron chi connectivity index (χ4n) is 3.01. The van der Waals surface area contributed by atoms with Crippen LogP contribution in [0.15, 0.2) is 12.1 Å². The summed E-state index contributed by atoms with van der Waals surface area (Å²) in [6.07, 6.45) is 2.79. The predicted octanol–water partition coefficient (Wildman–Crippen LogP) is 2.35. The van der Waals surface area contributed by atoms with E-state index in [1.165, 1.54) is 0 Å². The highest BCUT2D eigenvalue weighted by Gasteiger charge is 2.39. The summed E-state index contributed by atoms with van der Waals surface area (Å²) in [4.78, 5) is 12.4. The summed E-state index contributed by atoms with van der Waals surface area (Å²) in [7, 11) is 0. The average Bonchev–Trinajstić information content (AvgIpc) is 3.07. The van der Waals surface area contributed by atoms with Crippen LogP contribution in [0.2, 0.25) is 5.02 Å². The van der Waals surface area contributed by atoms with Gasteiger partial charge in [-0.2, -0.15) is 0 Å². The maximum atomic E-state index is 12.4. The standard InChI is InChI=1S/C15H18ClNO4/c1-15(7-18)4-2-3-12(15)17-14(19)9-5-10(16)13-11(6-9)20-8-21-13/h5-6,12,18H,2-4,7-8H2,1H3,(H,17,19)/t12-,15+/m0/s1. The summed E-state index contributed by atoms with van der Waals surface area (Å²) in [5, 5.41) is 12.9. The van der Waals surface area contributed by atoms with E-state index in [4.69, 9.17) is 21.1 Å². The number of hydrogen-bond acceptors (Lipinski definition) is 4. The first-order valence-electron chi connectivity index (χ1n) is 7.04. The Hall–Kier alpha value is -1.46. The Bertz CT molecular complexity index is 577. The summed E-state index contributed by atoms with van der Waals surface area (Å²) in [6.45, 7) is 2.18. The van der Waals surface area contributed by atoms with E-state index in [0.29, 0.717) is 22.1 Å². The summed E-state index contributed by atoms with van der Waals surface area (Å²) in [5.41, 5.74) is 0.187. The second-order valence-electron chi connectivity index (χ2n) is 5.92. The van der Waals surface area contributed by atoms with Crippen LogP contribution in [0.25, 0.3) is 0 Å². The van der Waals surface area contributed by atoms with Crippen LogP contribution in [0.3, 0.4) is 0 Å². The molecule has 5 nitrogen and oxygen atoms in total. The molecule has 21 heavy (non-hydrogen) atoms. The normalized spacial score (nSPS) is 26.9. The Kier molecular flexibility index (Phi) is 3.71. The van der Waals surface area contributed by atoms with Gasteiger partial charge in [-0.05, 0) is 25.0 Å². The molecule has 1 fully saturated rings. The number of ether oxygens (including phenoxy) is 2. The van der Waals surface area contributed by atoms with Crippen molar-refractivity contribution in [2.75, 3.05) is 13.4 Å². The van der Waals surface area contributed by atoms with Crippen LogP contribution in [0.5, 0.6) is 11.5 Å². The molecule has 1 aliphatic carbocycles. The monoisotopic (exact) mass is 311 g/mol. The molecule has 114 valence electrons. The molecule has 1 aromatic carbocycles. The quantitative estimate of drug-likeness (QED) is 0.899. The molecule has 1 aliphatic heterocycles. The highest BCUT2D eigenvalue weighted by Crippen LogP contribution is 2.40. The molecule has 1 heterocycles. The van der Waals surface area contributed by atoms with Crippen molar-refractivity contribution in [1.29, 1.82) is 0 Å². The van der Waals surface area contributed by atoms with E-state index in [0.717, 1.165) is 19.3 Å². The van der Waals surface area contributed by atoms with E-state index in [1.54, 1.807) is 12.1 Å². The smallest absolute Gasteiger partial charge is 0.251 e. The number of aliphatic hydroxyl groups excluding tert-OH is 1. The van der Waals surface area contributed by atoms with Gasteiger partial charge in [-0.1, -0.05) is 24.9 Å². The molecule has 0 unspecified atom stereocenters. The molecule has 3 rings (SSSR count). The largest absolute Gasteiger partial charge is 0.454 e. The number of amides is 1. The Balaban J connectivity index is 1.79. The van der Waals surface area contributed by atoms with Gasteiger partial charge in [0.1, 0.15) is 0 Å². The average molecular weight is 312 g/mol. The molecule has 2 aliphatic rings. The third-order valence-electron chi connectivity index (χ3n) is 4.44. The lowest BCUT2D eigenvalue weighted by Crippen LogP contribution is -2.44. The zero-order valence-corrected chi connectivity index (χ0v) is 12.6. The van der Waals surface area contributed by atoms with E-state index >= 15 is 0 Å². The molecule has 0 radical (unpaired) electrons. The minimum absolute atomic E-state index is 0.0285. The molecule has 0 saturated heterocycles. The van der Waals surface area contributed by atoms with E-state index < -0.39 is 0 Å². The Morgan fingerprint density at radius 2 is 2.33 bits per heavy atom. The number of hydrogen-bond donors (Lipinski definition) is 2. The zero-order valence-electron chi connectivity index (χ0n) is 11.8. The number of halogens is 1.